The Balaban J connectivity index is 1.57. The molecule has 1 amide bonds. The molecule has 5 nitrogen and oxygen atoms in total. The van der Waals surface area contributed by atoms with Gasteiger partial charge in [0.1, 0.15) is 6.04 Å². The molecule has 1 heterocycles. The number of carbonyl (C=O) groups excluding carboxylic acids is 1. The van der Waals surface area contributed by atoms with E-state index in [1.165, 1.54) is 12.8 Å². The van der Waals surface area contributed by atoms with Crippen LogP contribution < -0.4 is 16.3 Å². The lowest BCUT2D eigenvalue weighted by molar-refractivity contribution is -0.122. The van der Waals surface area contributed by atoms with Gasteiger partial charge in [-0.3, -0.25) is 10.2 Å². The van der Waals surface area contributed by atoms with Crippen molar-refractivity contribution in [3.05, 3.63) is 34.9 Å². The Bertz CT molecular complexity index is 571. The second kappa shape index (κ2) is 6.13. The van der Waals surface area contributed by atoms with Crippen LogP contribution in [0.3, 0.4) is 0 Å². The number of hydrogen-bond donors (Lipinski definition) is 3. The molecule has 0 bridgehead atoms. The normalized spacial score (nSPS) is 25.9. The van der Waals surface area contributed by atoms with Crippen molar-refractivity contribution in [2.24, 2.45) is 11.0 Å². The highest BCUT2D eigenvalue weighted by Gasteiger charge is 2.38. The number of carbonyl (C=O) groups is 1. The van der Waals surface area contributed by atoms with E-state index in [2.05, 4.69) is 21.4 Å². The summed E-state index contributed by atoms with van der Waals surface area (Å²) in [6.07, 6.45) is 3.34. The van der Waals surface area contributed by atoms with Crippen molar-refractivity contribution >= 4 is 23.2 Å². The average molecular weight is 307 g/mol. The van der Waals surface area contributed by atoms with E-state index in [-0.39, 0.29) is 11.9 Å². The number of hydrazine groups is 1. The van der Waals surface area contributed by atoms with Crippen molar-refractivity contribution < 1.29 is 4.79 Å². The molecule has 1 aromatic carbocycles. The number of nitrogens with one attached hydrogen (secondary N) is 3. The fourth-order valence-corrected chi connectivity index (χ4v) is 2.87. The summed E-state index contributed by atoms with van der Waals surface area (Å²) in [6, 6.07) is 7.63. The highest BCUT2D eigenvalue weighted by molar-refractivity contribution is 6.34. The summed E-state index contributed by atoms with van der Waals surface area (Å²) in [4.78, 5) is 12.1. The lowest BCUT2D eigenvalue weighted by Crippen LogP contribution is -2.42. The fraction of sp³-hybridized carbons (Fsp3) is 0.467. The summed E-state index contributed by atoms with van der Waals surface area (Å²) in [5.41, 5.74) is 10.4. The first-order valence-electron chi connectivity index (χ1n) is 7.25. The fourth-order valence-electron chi connectivity index (χ4n) is 2.59. The molecule has 2 fully saturated rings. The van der Waals surface area contributed by atoms with Gasteiger partial charge in [0.15, 0.2) is 0 Å². The van der Waals surface area contributed by atoms with E-state index in [1.807, 2.05) is 25.1 Å². The molecule has 112 valence electrons. The summed E-state index contributed by atoms with van der Waals surface area (Å²) < 4.78 is 0. The van der Waals surface area contributed by atoms with Crippen LogP contribution in [0.2, 0.25) is 5.02 Å². The van der Waals surface area contributed by atoms with E-state index < -0.39 is 0 Å². The van der Waals surface area contributed by atoms with Crippen LogP contribution >= 0.6 is 11.6 Å². The number of nitrogens with zero attached hydrogens (tertiary/aromatic N) is 1. The van der Waals surface area contributed by atoms with Gasteiger partial charge in [-0.15, -0.1) is 0 Å². The summed E-state index contributed by atoms with van der Waals surface area (Å²) in [7, 11) is 0. The lowest BCUT2D eigenvalue weighted by Gasteiger charge is -2.08. The summed E-state index contributed by atoms with van der Waals surface area (Å²) >= 11 is 6.11. The van der Waals surface area contributed by atoms with Gasteiger partial charge in [-0.1, -0.05) is 29.8 Å². The second-order valence-electron chi connectivity index (χ2n) is 5.67. The van der Waals surface area contributed by atoms with E-state index >= 15 is 0 Å². The van der Waals surface area contributed by atoms with Crippen molar-refractivity contribution in [2.75, 3.05) is 0 Å². The van der Waals surface area contributed by atoms with E-state index in [1.54, 1.807) is 6.07 Å². The molecule has 1 aromatic rings. The van der Waals surface area contributed by atoms with Crippen molar-refractivity contribution in [3.8, 4) is 0 Å². The Kier molecular flexibility index (Phi) is 4.24. The SMILES string of the molecule is C/C(=N\NC(=O)C1CC(C2CC2)NN1)c1ccccc1Cl. The molecule has 6 heteroatoms. The molecular weight excluding hydrogens is 288 g/mol. The van der Waals surface area contributed by atoms with Crippen LogP contribution in [0.4, 0.5) is 0 Å². The third-order valence-corrected chi connectivity index (χ3v) is 4.37. The van der Waals surface area contributed by atoms with E-state index in [0.717, 1.165) is 17.9 Å². The molecule has 1 aliphatic carbocycles. The number of halogens is 1. The van der Waals surface area contributed by atoms with Gasteiger partial charge in [0.25, 0.3) is 5.91 Å². The molecule has 0 aromatic heterocycles. The summed E-state index contributed by atoms with van der Waals surface area (Å²) in [6.45, 7) is 1.83. The zero-order chi connectivity index (χ0) is 14.8. The van der Waals surface area contributed by atoms with E-state index in [9.17, 15) is 4.79 Å². The van der Waals surface area contributed by atoms with Crippen LogP contribution in [0.1, 0.15) is 31.7 Å². The van der Waals surface area contributed by atoms with Crippen molar-refractivity contribution in [2.45, 2.75) is 38.3 Å². The minimum absolute atomic E-state index is 0.114. The Hall–Kier alpha value is -1.43. The molecule has 1 aliphatic heterocycles. The zero-order valence-corrected chi connectivity index (χ0v) is 12.7. The van der Waals surface area contributed by atoms with Gasteiger partial charge < -0.3 is 0 Å². The van der Waals surface area contributed by atoms with Gasteiger partial charge in [-0.05, 0) is 38.2 Å². The van der Waals surface area contributed by atoms with Crippen molar-refractivity contribution in [3.63, 3.8) is 0 Å². The maximum Gasteiger partial charge on any atom is 0.258 e. The molecule has 1 saturated carbocycles. The largest absolute Gasteiger partial charge is 0.271 e. The van der Waals surface area contributed by atoms with Crippen LogP contribution in [0.25, 0.3) is 0 Å². The second-order valence-corrected chi connectivity index (χ2v) is 6.08. The quantitative estimate of drug-likeness (QED) is 0.587. The van der Waals surface area contributed by atoms with E-state index in [4.69, 9.17) is 11.6 Å². The first-order chi connectivity index (χ1) is 10.1. The molecule has 3 rings (SSSR count). The molecule has 0 spiro atoms. The average Bonchev–Trinajstić information content (AvgIpc) is 3.22. The van der Waals surface area contributed by atoms with Gasteiger partial charge in [-0.25, -0.2) is 10.9 Å². The van der Waals surface area contributed by atoms with Crippen LogP contribution in [-0.4, -0.2) is 23.7 Å². The standard InChI is InChI=1S/C15H19ClN4O/c1-9(11-4-2-3-5-12(11)16)17-20-15(21)14-8-13(18-19-14)10-6-7-10/h2-5,10,13-14,18-19H,6-8H2,1H3,(H,20,21)/b17-9+. The van der Waals surface area contributed by atoms with Crippen molar-refractivity contribution in [1.29, 1.82) is 0 Å². The third-order valence-electron chi connectivity index (χ3n) is 4.04. The topological polar surface area (TPSA) is 65.5 Å². The number of hydrogen-bond acceptors (Lipinski definition) is 4. The Morgan fingerprint density at radius 3 is 2.81 bits per heavy atom. The molecular formula is C15H19ClN4O. The summed E-state index contributed by atoms with van der Waals surface area (Å²) in [5, 5.41) is 4.78. The van der Waals surface area contributed by atoms with Crippen LogP contribution in [0.5, 0.6) is 0 Å². The molecule has 2 unspecified atom stereocenters. The third kappa shape index (κ3) is 3.43. The Morgan fingerprint density at radius 1 is 1.33 bits per heavy atom. The number of amides is 1. The van der Waals surface area contributed by atoms with Gasteiger partial charge in [-0.2, -0.15) is 5.10 Å². The van der Waals surface area contributed by atoms with Crippen LogP contribution in [0.15, 0.2) is 29.4 Å². The predicted molar refractivity (Wildman–Crippen MR) is 83.0 cm³/mol. The van der Waals surface area contributed by atoms with E-state index in [0.29, 0.717) is 16.8 Å². The minimum Gasteiger partial charge on any atom is -0.271 e. The first-order valence-corrected chi connectivity index (χ1v) is 7.63. The smallest absolute Gasteiger partial charge is 0.258 e. The monoisotopic (exact) mass is 306 g/mol. The van der Waals surface area contributed by atoms with Gasteiger partial charge in [0, 0.05) is 16.6 Å². The number of benzene rings is 1. The molecule has 2 atom stereocenters. The predicted octanol–water partition coefficient (Wildman–Crippen LogP) is 1.83. The zero-order valence-electron chi connectivity index (χ0n) is 11.9. The van der Waals surface area contributed by atoms with Crippen LogP contribution in [0, 0.1) is 5.92 Å². The van der Waals surface area contributed by atoms with Crippen molar-refractivity contribution in [1.82, 2.24) is 16.3 Å². The lowest BCUT2D eigenvalue weighted by atomic mass is 10.1. The highest BCUT2D eigenvalue weighted by Crippen LogP contribution is 2.35. The molecule has 21 heavy (non-hydrogen) atoms. The Labute approximate surface area is 129 Å². The number of rotatable bonds is 4. The number of hydrazone groups is 1. The maximum absolute atomic E-state index is 12.1. The first kappa shape index (κ1) is 14.5. The van der Waals surface area contributed by atoms with Gasteiger partial charge in [0.05, 0.1) is 5.71 Å². The molecule has 1 saturated heterocycles. The van der Waals surface area contributed by atoms with Gasteiger partial charge in [0.2, 0.25) is 0 Å². The molecule has 3 N–H and O–H groups in total. The maximum atomic E-state index is 12.1. The Morgan fingerprint density at radius 2 is 2.10 bits per heavy atom. The molecule has 2 aliphatic rings. The summed E-state index contributed by atoms with van der Waals surface area (Å²) in [5.74, 6) is 0.612. The van der Waals surface area contributed by atoms with Gasteiger partial charge >= 0.3 is 0 Å². The highest BCUT2D eigenvalue weighted by atomic mass is 35.5. The van der Waals surface area contributed by atoms with Crippen LogP contribution in [-0.2, 0) is 4.79 Å². The minimum atomic E-state index is -0.224. The molecule has 0 radical (unpaired) electrons.